The summed E-state index contributed by atoms with van der Waals surface area (Å²) in [4.78, 5) is 12.0. The number of hydrogen-bond acceptors (Lipinski definition) is 2. The Kier molecular flexibility index (Phi) is 5.66. The maximum atomic E-state index is 12.0. The molecule has 3 heteroatoms. The van der Waals surface area contributed by atoms with Gasteiger partial charge in [-0.2, -0.15) is 0 Å². The molecule has 24 heavy (non-hydrogen) atoms. The summed E-state index contributed by atoms with van der Waals surface area (Å²) < 4.78 is 5.45. The second-order valence-electron chi connectivity index (χ2n) is 6.41. The molecule has 2 aromatic rings. The van der Waals surface area contributed by atoms with Gasteiger partial charge < -0.3 is 9.84 Å². The van der Waals surface area contributed by atoms with Crippen LogP contribution >= 0.6 is 0 Å². The summed E-state index contributed by atoms with van der Waals surface area (Å²) in [6.45, 7) is 8.11. The van der Waals surface area contributed by atoms with E-state index in [1.165, 1.54) is 5.56 Å². The van der Waals surface area contributed by atoms with Crippen molar-refractivity contribution in [3.05, 3.63) is 63.7 Å². The fourth-order valence-electron chi connectivity index (χ4n) is 3.48. The zero-order valence-electron chi connectivity index (χ0n) is 15.1. The third-order valence-corrected chi connectivity index (χ3v) is 4.56. The van der Waals surface area contributed by atoms with Crippen LogP contribution in [0.25, 0.3) is 0 Å². The molecule has 0 aliphatic heterocycles. The first kappa shape index (κ1) is 18.1. The van der Waals surface area contributed by atoms with E-state index in [-0.39, 0.29) is 0 Å². The number of benzene rings is 2. The first-order valence-corrected chi connectivity index (χ1v) is 8.33. The normalized spacial score (nSPS) is 12.0. The van der Waals surface area contributed by atoms with Gasteiger partial charge in [-0.25, -0.2) is 0 Å². The molecular formula is C21H26O3. The molecular weight excluding hydrogens is 300 g/mol. The Bertz CT molecular complexity index is 724. The third-order valence-electron chi connectivity index (χ3n) is 4.56. The number of carboxylic acid groups (broad SMARTS) is 1. The van der Waals surface area contributed by atoms with E-state index in [0.29, 0.717) is 6.42 Å². The van der Waals surface area contributed by atoms with Crippen LogP contribution in [-0.4, -0.2) is 18.2 Å². The van der Waals surface area contributed by atoms with Crippen molar-refractivity contribution in [1.29, 1.82) is 0 Å². The predicted octanol–water partition coefficient (Wildman–Crippen LogP) is 4.59. The minimum absolute atomic E-state index is 0.428. The monoisotopic (exact) mass is 326 g/mol. The SMILES string of the molecule is CCc1ccc(OC)c(CC(C(=O)O)c2c(C)cc(C)cc2C)c1. The molecule has 0 fully saturated rings. The van der Waals surface area contributed by atoms with Gasteiger partial charge in [0, 0.05) is 0 Å². The van der Waals surface area contributed by atoms with Crippen LogP contribution in [0.2, 0.25) is 0 Å². The van der Waals surface area contributed by atoms with Gasteiger partial charge in [0.25, 0.3) is 0 Å². The van der Waals surface area contributed by atoms with Gasteiger partial charge in [0.1, 0.15) is 5.75 Å². The summed E-state index contributed by atoms with van der Waals surface area (Å²) in [6, 6.07) is 10.1. The Morgan fingerprint density at radius 1 is 1.12 bits per heavy atom. The highest BCUT2D eigenvalue weighted by atomic mass is 16.5. The van der Waals surface area contributed by atoms with E-state index >= 15 is 0 Å². The van der Waals surface area contributed by atoms with Gasteiger partial charge in [-0.05, 0) is 67.5 Å². The second-order valence-corrected chi connectivity index (χ2v) is 6.41. The molecule has 3 nitrogen and oxygen atoms in total. The van der Waals surface area contributed by atoms with Crippen molar-refractivity contribution < 1.29 is 14.6 Å². The average molecular weight is 326 g/mol. The van der Waals surface area contributed by atoms with Crippen molar-refractivity contribution in [2.45, 2.75) is 46.5 Å². The van der Waals surface area contributed by atoms with Gasteiger partial charge in [0.05, 0.1) is 13.0 Å². The van der Waals surface area contributed by atoms with Gasteiger partial charge in [0.2, 0.25) is 0 Å². The first-order valence-electron chi connectivity index (χ1n) is 8.33. The lowest BCUT2D eigenvalue weighted by atomic mass is 9.85. The summed E-state index contributed by atoms with van der Waals surface area (Å²) in [6.07, 6.45) is 1.34. The summed E-state index contributed by atoms with van der Waals surface area (Å²) in [7, 11) is 1.63. The predicted molar refractivity (Wildman–Crippen MR) is 97.1 cm³/mol. The number of rotatable bonds is 6. The molecule has 0 aliphatic carbocycles. The summed E-state index contributed by atoms with van der Waals surface area (Å²) in [5.41, 5.74) is 6.27. The minimum Gasteiger partial charge on any atom is -0.496 e. The van der Waals surface area contributed by atoms with Crippen LogP contribution < -0.4 is 4.74 Å². The van der Waals surface area contributed by atoms with E-state index < -0.39 is 11.9 Å². The molecule has 1 unspecified atom stereocenters. The molecule has 1 atom stereocenters. The summed E-state index contributed by atoms with van der Waals surface area (Å²) >= 11 is 0. The third kappa shape index (κ3) is 3.78. The fourth-order valence-corrected chi connectivity index (χ4v) is 3.48. The Hall–Kier alpha value is -2.29. The van der Waals surface area contributed by atoms with Gasteiger partial charge in [-0.3, -0.25) is 4.79 Å². The van der Waals surface area contributed by atoms with E-state index in [1.54, 1.807) is 7.11 Å². The number of carbonyl (C=O) groups is 1. The van der Waals surface area contributed by atoms with E-state index in [4.69, 9.17) is 4.74 Å². The van der Waals surface area contributed by atoms with Crippen LogP contribution in [0.1, 0.15) is 46.2 Å². The molecule has 128 valence electrons. The smallest absolute Gasteiger partial charge is 0.311 e. The highest BCUT2D eigenvalue weighted by Gasteiger charge is 2.25. The van der Waals surface area contributed by atoms with Gasteiger partial charge in [0.15, 0.2) is 0 Å². The van der Waals surface area contributed by atoms with E-state index in [9.17, 15) is 9.90 Å². The molecule has 0 aromatic heterocycles. The molecule has 2 rings (SSSR count). The van der Waals surface area contributed by atoms with Crippen LogP contribution in [0, 0.1) is 20.8 Å². The Labute approximate surface area is 144 Å². The number of methoxy groups -OCH3 is 1. The number of aliphatic carboxylic acids is 1. The van der Waals surface area contributed by atoms with Crippen LogP contribution in [0.3, 0.4) is 0 Å². The van der Waals surface area contributed by atoms with Crippen LogP contribution in [0.15, 0.2) is 30.3 Å². The van der Waals surface area contributed by atoms with Crippen LogP contribution in [0.4, 0.5) is 0 Å². The first-order chi connectivity index (χ1) is 11.4. The molecule has 0 saturated heterocycles. The standard InChI is InChI=1S/C21H26O3/c1-6-16-7-8-19(24-5)17(11-16)12-18(21(22)23)20-14(3)9-13(2)10-15(20)4/h7-11,18H,6,12H2,1-5H3,(H,22,23). The maximum Gasteiger partial charge on any atom is 0.311 e. The summed E-state index contributed by atoms with van der Waals surface area (Å²) in [5.74, 6) is -0.624. The number of hydrogen-bond donors (Lipinski definition) is 1. The van der Waals surface area contributed by atoms with E-state index in [0.717, 1.165) is 40.0 Å². The molecule has 0 heterocycles. The fraction of sp³-hybridized carbons (Fsp3) is 0.381. The highest BCUT2D eigenvalue weighted by Crippen LogP contribution is 2.32. The zero-order chi connectivity index (χ0) is 17.9. The molecule has 0 radical (unpaired) electrons. The van der Waals surface area contributed by atoms with Crippen molar-refractivity contribution in [3.8, 4) is 5.75 Å². The average Bonchev–Trinajstić information content (AvgIpc) is 2.52. The number of carboxylic acids is 1. The van der Waals surface area contributed by atoms with Crippen molar-refractivity contribution in [2.75, 3.05) is 7.11 Å². The topological polar surface area (TPSA) is 46.5 Å². The lowest BCUT2D eigenvalue weighted by Crippen LogP contribution is -2.17. The van der Waals surface area contributed by atoms with Crippen molar-refractivity contribution in [3.63, 3.8) is 0 Å². The molecule has 1 N–H and O–H groups in total. The van der Waals surface area contributed by atoms with Crippen molar-refractivity contribution >= 4 is 5.97 Å². The van der Waals surface area contributed by atoms with Crippen LogP contribution in [-0.2, 0) is 17.6 Å². The quantitative estimate of drug-likeness (QED) is 0.844. The van der Waals surface area contributed by atoms with E-state index in [2.05, 4.69) is 25.1 Å². The maximum absolute atomic E-state index is 12.0. The van der Waals surface area contributed by atoms with Crippen LogP contribution in [0.5, 0.6) is 5.75 Å². The second kappa shape index (κ2) is 7.52. The molecule has 0 bridgehead atoms. The Morgan fingerprint density at radius 3 is 2.25 bits per heavy atom. The lowest BCUT2D eigenvalue weighted by Gasteiger charge is -2.20. The minimum atomic E-state index is -0.797. The molecule has 0 saturated carbocycles. The molecule has 2 aromatic carbocycles. The highest BCUT2D eigenvalue weighted by molar-refractivity contribution is 5.78. The molecule has 0 amide bonds. The van der Waals surface area contributed by atoms with Gasteiger partial charge in [-0.15, -0.1) is 0 Å². The van der Waals surface area contributed by atoms with Crippen molar-refractivity contribution in [1.82, 2.24) is 0 Å². The Balaban J connectivity index is 2.50. The molecule has 0 aliphatic rings. The van der Waals surface area contributed by atoms with E-state index in [1.807, 2.05) is 32.9 Å². The summed E-state index contributed by atoms with van der Waals surface area (Å²) in [5, 5.41) is 9.86. The van der Waals surface area contributed by atoms with Crippen molar-refractivity contribution in [2.24, 2.45) is 0 Å². The van der Waals surface area contributed by atoms with Gasteiger partial charge >= 0.3 is 5.97 Å². The zero-order valence-corrected chi connectivity index (χ0v) is 15.1. The number of ether oxygens (including phenoxy) is 1. The number of aryl methyl sites for hydroxylation is 4. The Morgan fingerprint density at radius 2 is 1.75 bits per heavy atom. The molecule has 0 spiro atoms. The largest absolute Gasteiger partial charge is 0.496 e. The lowest BCUT2D eigenvalue weighted by molar-refractivity contribution is -0.138. The van der Waals surface area contributed by atoms with Gasteiger partial charge in [-0.1, -0.05) is 36.8 Å².